The Bertz CT molecular complexity index is 386. The Morgan fingerprint density at radius 1 is 1.12 bits per heavy atom. The van der Waals surface area contributed by atoms with Crippen LogP contribution in [-0.2, 0) is 27.8 Å². The molecule has 0 bridgehead atoms. The van der Waals surface area contributed by atoms with Crippen molar-refractivity contribution in [1.82, 2.24) is 0 Å². The van der Waals surface area contributed by atoms with E-state index >= 15 is 0 Å². The number of hydrogen-bond donors (Lipinski definition) is 3. The van der Waals surface area contributed by atoms with E-state index < -0.39 is 13.6 Å². The normalized spacial score (nSPS) is 10.9. The third-order valence-corrected chi connectivity index (χ3v) is 1.83. The summed E-state index contributed by atoms with van der Waals surface area (Å²) in [6.07, 6.45) is 0. The summed E-state index contributed by atoms with van der Waals surface area (Å²) in [6.45, 7) is 4.46. The summed E-state index contributed by atoms with van der Waals surface area (Å²) in [5, 5.41) is 8.77. The van der Waals surface area contributed by atoms with Crippen LogP contribution in [0, 0.1) is 0 Å². The first kappa shape index (κ1) is 15.2. The zero-order valence-electron chi connectivity index (χ0n) is 9.16. The molecule has 0 fully saturated rings. The van der Waals surface area contributed by atoms with Crippen LogP contribution in [-0.4, -0.2) is 13.4 Å². The van der Waals surface area contributed by atoms with E-state index in [2.05, 4.69) is 26.0 Å². The SMILES string of the molecule is CC(C)c1ccc(CO)cc1.[O]=[Cr](=[O])([OH])[OH]. The van der Waals surface area contributed by atoms with Gasteiger partial charge in [-0.2, -0.15) is 0 Å². The first-order valence-corrected chi connectivity index (χ1v) is 6.81. The molecule has 1 aromatic carbocycles. The zero-order chi connectivity index (χ0) is 12.8. The van der Waals surface area contributed by atoms with E-state index in [1.165, 1.54) is 5.56 Å². The van der Waals surface area contributed by atoms with Gasteiger partial charge < -0.3 is 5.11 Å². The number of aliphatic hydroxyl groups is 1. The molecule has 0 saturated heterocycles. The summed E-state index contributed by atoms with van der Waals surface area (Å²) >= 11 is -5.25. The minimum absolute atomic E-state index is 0.137. The van der Waals surface area contributed by atoms with Crippen molar-refractivity contribution in [3.63, 3.8) is 0 Å². The second-order valence-corrected chi connectivity index (χ2v) is 4.90. The predicted octanol–water partition coefficient (Wildman–Crippen LogP) is 0.948. The first-order valence-electron chi connectivity index (χ1n) is 4.63. The molecule has 0 heterocycles. The van der Waals surface area contributed by atoms with Crippen LogP contribution in [0.1, 0.15) is 30.9 Å². The number of aliphatic hydroxyl groups excluding tert-OH is 1. The average Bonchev–Trinajstić information content (AvgIpc) is 2.15. The molecule has 5 nitrogen and oxygen atoms in total. The average molecular weight is 268 g/mol. The fraction of sp³-hybridized carbons (Fsp3) is 0.400. The van der Waals surface area contributed by atoms with Crippen molar-refractivity contribution in [2.45, 2.75) is 26.4 Å². The van der Waals surface area contributed by atoms with Gasteiger partial charge in [0.05, 0.1) is 6.61 Å². The molecule has 0 aromatic heterocycles. The zero-order valence-corrected chi connectivity index (χ0v) is 10.4. The van der Waals surface area contributed by atoms with Gasteiger partial charge in [-0.25, -0.2) is 0 Å². The van der Waals surface area contributed by atoms with Gasteiger partial charge in [-0.3, -0.25) is 0 Å². The molecule has 1 aromatic rings. The van der Waals surface area contributed by atoms with Crippen LogP contribution in [0.2, 0.25) is 0 Å². The van der Waals surface area contributed by atoms with E-state index in [1.54, 1.807) is 0 Å². The Labute approximate surface area is 96.8 Å². The van der Waals surface area contributed by atoms with Crippen molar-refractivity contribution in [1.29, 1.82) is 0 Å². The van der Waals surface area contributed by atoms with E-state index in [0.29, 0.717) is 5.92 Å². The van der Waals surface area contributed by atoms with Crippen molar-refractivity contribution in [3.05, 3.63) is 35.4 Å². The third kappa shape index (κ3) is 8.53. The van der Waals surface area contributed by atoms with Gasteiger partial charge in [-0.15, -0.1) is 0 Å². The fourth-order valence-electron chi connectivity index (χ4n) is 1.01. The Kier molecular flexibility index (Phi) is 6.41. The van der Waals surface area contributed by atoms with Crippen LogP contribution in [0.4, 0.5) is 0 Å². The summed E-state index contributed by atoms with van der Waals surface area (Å²) in [5.74, 6) is 0.572. The van der Waals surface area contributed by atoms with Crippen LogP contribution in [0.25, 0.3) is 0 Å². The van der Waals surface area contributed by atoms with Crippen molar-refractivity contribution in [3.8, 4) is 0 Å². The van der Waals surface area contributed by atoms with Crippen molar-refractivity contribution < 1.29 is 34.6 Å². The Balaban J connectivity index is 0.000000385. The predicted molar refractivity (Wildman–Crippen MR) is 52.3 cm³/mol. The van der Waals surface area contributed by atoms with Crippen LogP contribution < -0.4 is 0 Å². The summed E-state index contributed by atoms with van der Waals surface area (Å²) in [6, 6.07) is 8.07. The Hall–Kier alpha value is -0.768. The van der Waals surface area contributed by atoms with Crippen molar-refractivity contribution in [2.24, 2.45) is 0 Å². The van der Waals surface area contributed by atoms with Crippen LogP contribution in [0.5, 0.6) is 0 Å². The maximum absolute atomic E-state index is 8.82. The second kappa shape index (κ2) is 6.74. The minimum atomic E-state index is -5.25. The van der Waals surface area contributed by atoms with Crippen molar-refractivity contribution in [2.75, 3.05) is 0 Å². The molecule has 0 aliphatic heterocycles. The molecule has 0 radical (unpaired) electrons. The molecular weight excluding hydrogens is 252 g/mol. The second-order valence-electron chi connectivity index (χ2n) is 3.50. The number of hydrogen-bond acceptors (Lipinski definition) is 3. The molecule has 16 heavy (non-hydrogen) atoms. The van der Waals surface area contributed by atoms with E-state index in [9.17, 15) is 0 Å². The maximum atomic E-state index is 8.82. The summed E-state index contributed by atoms with van der Waals surface area (Å²) in [5.41, 5.74) is 2.30. The van der Waals surface area contributed by atoms with E-state index in [1.807, 2.05) is 12.1 Å². The number of rotatable bonds is 2. The van der Waals surface area contributed by atoms with E-state index in [4.69, 9.17) is 21.0 Å². The van der Waals surface area contributed by atoms with Gasteiger partial charge in [0.25, 0.3) is 0 Å². The standard InChI is InChI=1S/C10H14O.Cr.2H2O.2O/c1-8(2)10-5-3-9(7-11)4-6-10;;;;;/h3-6,8,11H,7H2,1-2H3;;2*1H2;;/q;+2;;;;/p-2. The molecular formula is C10H16CrO5. The Morgan fingerprint density at radius 2 is 1.50 bits per heavy atom. The van der Waals surface area contributed by atoms with Gasteiger partial charge in [0.1, 0.15) is 0 Å². The monoisotopic (exact) mass is 268 g/mol. The molecule has 6 heteroatoms. The third-order valence-electron chi connectivity index (χ3n) is 1.83. The summed E-state index contributed by atoms with van der Waals surface area (Å²) < 4.78 is 31.9. The first-order chi connectivity index (χ1) is 7.24. The van der Waals surface area contributed by atoms with Crippen LogP contribution in [0.15, 0.2) is 24.3 Å². The summed E-state index contributed by atoms with van der Waals surface area (Å²) in [4.78, 5) is 0. The summed E-state index contributed by atoms with van der Waals surface area (Å²) in [7, 11) is 0. The van der Waals surface area contributed by atoms with Gasteiger partial charge >= 0.3 is 29.5 Å². The van der Waals surface area contributed by atoms with Gasteiger partial charge in [0.15, 0.2) is 0 Å². The topological polar surface area (TPSA) is 94.8 Å². The molecule has 0 atom stereocenters. The Morgan fingerprint density at radius 3 is 1.75 bits per heavy atom. The molecule has 0 saturated carbocycles. The van der Waals surface area contributed by atoms with Gasteiger partial charge in [0, 0.05) is 0 Å². The van der Waals surface area contributed by atoms with Gasteiger partial charge in [0.2, 0.25) is 0 Å². The van der Waals surface area contributed by atoms with Gasteiger partial charge in [-0.1, -0.05) is 38.1 Å². The molecule has 92 valence electrons. The van der Waals surface area contributed by atoms with Crippen LogP contribution >= 0.6 is 0 Å². The fourth-order valence-corrected chi connectivity index (χ4v) is 1.01. The number of benzene rings is 1. The van der Waals surface area contributed by atoms with Crippen molar-refractivity contribution >= 4 is 0 Å². The molecule has 0 spiro atoms. The molecule has 0 amide bonds. The molecule has 0 aliphatic rings. The molecule has 0 unspecified atom stereocenters. The molecule has 0 aliphatic carbocycles. The van der Waals surface area contributed by atoms with E-state index in [0.717, 1.165) is 5.56 Å². The quantitative estimate of drug-likeness (QED) is 0.742. The molecule has 1 rings (SSSR count). The molecule has 3 N–H and O–H groups in total. The van der Waals surface area contributed by atoms with Gasteiger partial charge in [-0.05, 0) is 17.0 Å². The van der Waals surface area contributed by atoms with E-state index in [-0.39, 0.29) is 6.61 Å². The van der Waals surface area contributed by atoms with Crippen LogP contribution in [0.3, 0.4) is 0 Å².